The Morgan fingerprint density at radius 2 is 2.41 bits per heavy atom. The number of rotatable bonds is 4. The van der Waals surface area contributed by atoms with Crippen molar-refractivity contribution >= 4 is 16.9 Å². The minimum absolute atomic E-state index is 0.247. The Labute approximate surface area is 98.1 Å². The van der Waals surface area contributed by atoms with Gasteiger partial charge in [-0.2, -0.15) is 0 Å². The summed E-state index contributed by atoms with van der Waals surface area (Å²) in [4.78, 5) is 24.1. The third-order valence-corrected chi connectivity index (χ3v) is 2.88. The number of nitrogens with one attached hydrogen (secondary N) is 2. The molecule has 0 saturated heterocycles. The van der Waals surface area contributed by atoms with Gasteiger partial charge in [-0.05, 0) is 30.9 Å². The van der Waals surface area contributed by atoms with E-state index in [1.165, 1.54) is 12.8 Å². The molecular weight excluding hydrogens is 218 g/mol. The van der Waals surface area contributed by atoms with Crippen LogP contribution < -0.4 is 5.48 Å². The summed E-state index contributed by atoms with van der Waals surface area (Å²) in [5.74, 6) is 0.375. The number of carbonyl (C=O) groups excluding carboxylic acids is 1. The van der Waals surface area contributed by atoms with E-state index < -0.39 is 0 Å². The number of carbonyl (C=O) groups is 1. The second-order valence-corrected chi connectivity index (χ2v) is 4.29. The molecule has 0 atom stereocenters. The Morgan fingerprint density at radius 3 is 3.24 bits per heavy atom. The number of benzene rings is 1. The van der Waals surface area contributed by atoms with E-state index in [1.807, 2.05) is 12.1 Å². The second kappa shape index (κ2) is 4.18. The van der Waals surface area contributed by atoms with Crippen LogP contribution in [0.4, 0.5) is 0 Å². The van der Waals surface area contributed by atoms with Gasteiger partial charge in [0, 0.05) is 0 Å². The van der Waals surface area contributed by atoms with Crippen molar-refractivity contribution in [1.29, 1.82) is 0 Å². The summed E-state index contributed by atoms with van der Waals surface area (Å²) < 4.78 is 0. The van der Waals surface area contributed by atoms with E-state index in [-0.39, 0.29) is 5.91 Å². The Balaban J connectivity index is 1.72. The monoisotopic (exact) mass is 231 g/mol. The zero-order chi connectivity index (χ0) is 11.7. The van der Waals surface area contributed by atoms with E-state index >= 15 is 0 Å². The van der Waals surface area contributed by atoms with E-state index in [1.54, 1.807) is 12.4 Å². The van der Waals surface area contributed by atoms with Gasteiger partial charge in [0.25, 0.3) is 5.91 Å². The molecule has 1 amide bonds. The van der Waals surface area contributed by atoms with Crippen LogP contribution in [-0.2, 0) is 4.84 Å². The predicted octanol–water partition coefficient (Wildman–Crippen LogP) is 1.63. The number of aromatic amines is 1. The Morgan fingerprint density at radius 1 is 1.53 bits per heavy atom. The van der Waals surface area contributed by atoms with Crippen LogP contribution in [-0.4, -0.2) is 22.5 Å². The van der Waals surface area contributed by atoms with E-state index in [2.05, 4.69) is 15.4 Å². The van der Waals surface area contributed by atoms with Crippen molar-refractivity contribution in [2.75, 3.05) is 6.61 Å². The van der Waals surface area contributed by atoms with Gasteiger partial charge in [0.2, 0.25) is 0 Å². The van der Waals surface area contributed by atoms with Crippen molar-refractivity contribution in [2.24, 2.45) is 5.92 Å². The topological polar surface area (TPSA) is 67.0 Å². The number of imidazole rings is 1. The van der Waals surface area contributed by atoms with Crippen LogP contribution in [0.3, 0.4) is 0 Å². The molecule has 2 aromatic rings. The fourth-order valence-corrected chi connectivity index (χ4v) is 1.71. The van der Waals surface area contributed by atoms with Gasteiger partial charge < -0.3 is 4.98 Å². The summed E-state index contributed by atoms with van der Waals surface area (Å²) in [5.41, 5.74) is 4.50. The maximum Gasteiger partial charge on any atom is 0.277 e. The molecule has 1 aromatic heterocycles. The first-order chi connectivity index (χ1) is 8.34. The molecule has 1 heterocycles. The molecule has 0 radical (unpaired) electrons. The summed E-state index contributed by atoms with van der Waals surface area (Å²) in [6.07, 6.45) is 3.97. The molecule has 0 spiro atoms. The Kier molecular flexibility index (Phi) is 2.53. The van der Waals surface area contributed by atoms with E-state index in [0.717, 1.165) is 5.52 Å². The minimum Gasteiger partial charge on any atom is -0.345 e. The van der Waals surface area contributed by atoms with Crippen LogP contribution in [0.15, 0.2) is 24.5 Å². The van der Waals surface area contributed by atoms with E-state index in [9.17, 15) is 4.79 Å². The van der Waals surface area contributed by atoms with Crippen LogP contribution in [0.1, 0.15) is 23.2 Å². The zero-order valence-electron chi connectivity index (χ0n) is 9.27. The molecule has 5 nitrogen and oxygen atoms in total. The van der Waals surface area contributed by atoms with Gasteiger partial charge in [-0.1, -0.05) is 6.07 Å². The van der Waals surface area contributed by atoms with Crippen LogP contribution in [0.25, 0.3) is 11.0 Å². The maximum absolute atomic E-state index is 11.9. The second-order valence-electron chi connectivity index (χ2n) is 4.29. The minimum atomic E-state index is -0.247. The lowest BCUT2D eigenvalue weighted by Crippen LogP contribution is -2.24. The normalized spacial score (nSPS) is 15.1. The highest BCUT2D eigenvalue weighted by molar-refractivity contribution is 6.04. The number of para-hydroxylation sites is 1. The number of nitrogens with zero attached hydrogens (tertiary/aromatic N) is 1. The average molecular weight is 231 g/mol. The average Bonchev–Trinajstić information content (AvgIpc) is 3.04. The number of hydroxylamine groups is 1. The highest BCUT2D eigenvalue weighted by Gasteiger charge is 2.22. The van der Waals surface area contributed by atoms with Gasteiger partial charge in [-0.15, -0.1) is 0 Å². The smallest absolute Gasteiger partial charge is 0.277 e. The third kappa shape index (κ3) is 2.14. The first-order valence-corrected chi connectivity index (χ1v) is 5.69. The fraction of sp³-hybridized carbons (Fsp3) is 0.333. The highest BCUT2D eigenvalue weighted by atomic mass is 16.7. The number of hydrogen-bond donors (Lipinski definition) is 2. The molecule has 17 heavy (non-hydrogen) atoms. The van der Waals surface area contributed by atoms with Crippen LogP contribution >= 0.6 is 0 Å². The molecule has 5 heteroatoms. The molecule has 88 valence electrons. The van der Waals surface area contributed by atoms with Crippen molar-refractivity contribution in [2.45, 2.75) is 12.8 Å². The molecule has 1 fully saturated rings. The first kappa shape index (κ1) is 10.3. The molecule has 1 aliphatic rings. The van der Waals surface area contributed by atoms with Gasteiger partial charge >= 0.3 is 0 Å². The summed E-state index contributed by atoms with van der Waals surface area (Å²) in [6.45, 7) is 0.599. The van der Waals surface area contributed by atoms with Gasteiger partial charge in [0.1, 0.15) is 5.52 Å². The molecular formula is C12H13N3O2. The molecule has 1 saturated carbocycles. The van der Waals surface area contributed by atoms with E-state index in [4.69, 9.17) is 4.84 Å². The van der Waals surface area contributed by atoms with Gasteiger partial charge in [0.05, 0.1) is 24.0 Å². The van der Waals surface area contributed by atoms with Crippen LogP contribution in [0.2, 0.25) is 0 Å². The third-order valence-electron chi connectivity index (χ3n) is 2.88. The number of hydrogen-bond acceptors (Lipinski definition) is 3. The largest absolute Gasteiger partial charge is 0.345 e. The summed E-state index contributed by atoms with van der Waals surface area (Å²) in [7, 11) is 0. The predicted molar refractivity (Wildman–Crippen MR) is 62.2 cm³/mol. The number of H-pyrrole nitrogens is 1. The number of aromatic nitrogens is 2. The number of fused-ring (bicyclic) bond motifs is 1. The summed E-state index contributed by atoms with van der Waals surface area (Å²) in [5, 5.41) is 0. The first-order valence-electron chi connectivity index (χ1n) is 5.69. The SMILES string of the molecule is O=C(NOCC1CC1)c1cccc2[nH]cnc12. The van der Waals surface area contributed by atoms with Crippen LogP contribution in [0.5, 0.6) is 0 Å². The van der Waals surface area contributed by atoms with Gasteiger partial charge in [-0.25, -0.2) is 10.5 Å². The fourth-order valence-electron chi connectivity index (χ4n) is 1.71. The molecule has 0 unspecified atom stereocenters. The van der Waals surface area contributed by atoms with Crippen LogP contribution in [0, 0.1) is 5.92 Å². The van der Waals surface area contributed by atoms with Gasteiger partial charge in [-0.3, -0.25) is 9.63 Å². The van der Waals surface area contributed by atoms with Crippen molar-refractivity contribution in [3.63, 3.8) is 0 Å². The molecule has 3 rings (SSSR count). The van der Waals surface area contributed by atoms with Crippen molar-refractivity contribution < 1.29 is 9.63 Å². The summed E-state index contributed by atoms with van der Waals surface area (Å²) in [6, 6.07) is 5.43. The molecule has 1 aliphatic carbocycles. The molecule has 2 N–H and O–H groups in total. The Hall–Kier alpha value is -1.88. The quantitative estimate of drug-likeness (QED) is 0.786. The number of amides is 1. The lowest BCUT2D eigenvalue weighted by atomic mass is 10.2. The standard InChI is InChI=1S/C12H13N3O2/c16-12(15-17-6-8-4-5-8)9-2-1-3-10-11(9)14-7-13-10/h1-3,7-8H,4-6H2,(H,13,14)(H,15,16). The van der Waals surface area contributed by atoms with Gasteiger partial charge in [0.15, 0.2) is 0 Å². The molecule has 1 aromatic carbocycles. The maximum atomic E-state index is 11.9. The highest BCUT2D eigenvalue weighted by Crippen LogP contribution is 2.28. The summed E-state index contributed by atoms with van der Waals surface area (Å²) >= 11 is 0. The van der Waals surface area contributed by atoms with Crippen molar-refractivity contribution in [3.8, 4) is 0 Å². The Bertz CT molecular complexity index is 545. The molecule has 0 aliphatic heterocycles. The van der Waals surface area contributed by atoms with E-state index in [0.29, 0.717) is 23.6 Å². The lowest BCUT2D eigenvalue weighted by molar-refractivity contribution is 0.0271. The molecule has 0 bridgehead atoms. The van der Waals surface area contributed by atoms with Crippen molar-refractivity contribution in [1.82, 2.24) is 15.4 Å². The van der Waals surface area contributed by atoms with Crippen molar-refractivity contribution in [3.05, 3.63) is 30.1 Å². The lowest BCUT2D eigenvalue weighted by Gasteiger charge is -2.05. The zero-order valence-corrected chi connectivity index (χ0v) is 9.27.